The molecule has 0 atom stereocenters. The maximum absolute atomic E-state index is 13.1. The van der Waals surface area contributed by atoms with Crippen molar-refractivity contribution in [2.75, 3.05) is 0 Å². The standard InChI is InChI=1S/C17H18F2N2.C2H6/c1-12-4-3-5-14(10-12)16(20)21-11-13-6-8-15(9-7-13)17(2,18)19;1-2/h3-10H,11H2,1-2H3,(H2,20,21);1-2H3. The van der Waals surface area contributed by atoms with Crippen molar-refractivity contribution in [3.8, 4) is 0 Å². The van der Waals surface area contributed by atoms with E-state index in [0.717, 1.165) is 23.6 Å². The first kappa shape index (κ1) is 18.8. The Bertz CT molecular complexity index is 641. The maximum Gasteiger partial charge on any atom is 0.270 e. The molecule has 0 heterocycles. The third-order valence-corrected chi connectivity index (χ3v) is 3.21. The molecule has 0 spiro atoms. The Balaban J connectivity index is 0.00000127. The van der Waals surface area contributed by atoms with Gasteiger partial charge in [-0.05, 0) is 18.6 Å². The van der Waals surface area contributed by atoms with Crippen molar-refractivity contribution < 1.29 is 8.78 Å². The van der Waals surface area contributed by atoms with Crippen LogP contribution in [0.25, 0.3) is 0 Å². The molecule has 2 aromatic carbocycles. The molecule has 0 fully saturated rings. The van der Waals surface area contributed by atoms with Crippen LogP contribution in [0, 0.1) is 6.92 Å². The average Bonchev–Trinajstić information content (AvgIpc) is 2.54. The first-order valence-corrected chi connectivity index (χ1v) is 7.70. The van der Waals surface area contributed by atoms with Crippen LogP contribution in [0.2, 0.25) is 0 Å². The largest absolute Gasteiger partial charge is 0.383 e. The van der Waals surface area contributed by atoms with Crippen molar-refractivity contribution >= 4 is 5.84 Å². The van der Waals surface area contributed by atoms with Gasteiger partial charge in [-0.3, -0.25) is 4.99 Å². The van der Waals surface area contributed by atoms with E-state index in [1.165, 1.54) is 12.1 Å². The first-order valence-electron chi connectivity index (χ1n) is 7.70. The van der Waals surface area contributed by atoms with E-state index in [4.69, 9.17) is 5.73 Å². The lowest BCUT2D eigenvalue weighted by Crippen LogP contribution is -2.13. The van der Waals surface area contributed by atoms with Crippen molar-refractivity contribution in [2.24, 2.45) is 10.7 Å². The molecule has 2 rings (SSSR count). The Hall–Kier alpha value is -2.23. The molecule has 0 saturated heterocycles. The number of nitrogens with two attached hydrogens (primary N) is 1. The number of alkyl halides is 2. The predicted molar refractivity (Wildman–Crippen MR) is 93.0 cm³/mol. The highest BCUT2D eigenvalue weighted by Crippen LogP contribution is 2.26. The lowest BCUT2D eigenvalue weighted by atomic mass is 10.1. The first-order chi connectivity index (χ1) is 10.9. The molecule has 0 amide bonds. The Kier molecular flexibility index (Phi) is 6.89. The molecular formula is C19H24F2N2. The molecular weight excluding hydrogens is 294 g/mol. The monoisotopic (exact) mass is 318 g/mol. The van der Waals surface area contributed by atoms with E-state index in [1.54, 1.807) is 12.1 Å². The normalized spacial score (nSPS) is 11.7. The summed E-state index contributed by atoms with van der Waals surface area (Å²) in [5, 5.41) is 0. The summed E-state index contributed by atoms with van der Waals surface area (Å²) < 4.78 is 26.2. The van der Waals surface area contributed by atoms with Gasteiger partial charge < -0.3 is 5.73 Å². The molecule has 2 aromatic rings. The summed E-state index contributed by atoms with van der Waals surface area (Å²) >= 11 is 0. The smallest absolute Gasteiger partial charge is 0.270 e. The van der Waals surface area contributed by atoms with Crippen molar-refractivity contribution in [3.05, 3.63) is 70.8 Å². The molecule has 23 heavy (non-hydrogen) atoms. The van der Waals surface area contributed by atoms with Gasteiger partial charge in [0, 0.05) is 18.1 Å². The molecule has 4 heteroatoms. The van der Waals surface area contributed by atoms with Gasteiger partial charge in [0.25, 0.3) is 5.92 Å². The van der Waals surface area contributed by atoms with Crippen LogP contribution in [0.1, 0.15) is 43.0 Å². The van der Waals surface area contributed by atoms with Gasteiger partial charge in [-0.15, -0.1) is 0 Å². The van der Waals surface area contributed by atoms with Crippen LogP contribution in [0.5, 0.6) is 0 Å². The third-order valence-electron chi connectivity index (χ3n) is 3.21. The van der Waals surface area contributed by atoms with Crippen LogP contribution < -0.4 is 5.73 Å². The van der Waals surface area contributed by atoms with Gasteiger partial charge in [-0.25, -0.2) is 8.78 Å². The van der Waals surface area contributed by atoms with E-state index < -0.39 is 5.92 Å². The zero-order valence-corrected chi connectivity index (χ0v) is 14.1. The Morgan fingerprint density at radius 3 is 2.22 bits per heavy atom. The number of hydrogen-bond donors (Lipinski definition) is 1. The summed E-state index contributed by atoms with van der Waals surface area (Å²) in [6.45, 7) is 7.24. The number of rotatable bonds is 4. The fourth-order valence-electron chi connectivity index (χ4n) is 1.97. The van der Waals surface area contributed by atoms with Gasteiger partial charge in [-0.1, -0.05) is 61.9 Å². The molecule has 0 aromatic heterocycles. The van der Waals surface area contributed by atoms with Crippen molar-refractivity contribution in [2.45, 2.75) is 40.2 Å². The lowest BCUT2D eigenvalue weighted by Gasteiger charge is -2.10. The fourth-order valence-corrected chi connectivity index (χ4v) is 1.97. The quantitative estimate of drug-likeness (QED) is 0.622. The van der Waals surface area contributed by atoms with Gasteiger partial charge >= 0.3 is 0 Å². The number of aryl methyl sites for hydroxylation is 1. The summed E-state index contributed by atoms with van der Waals surface area (Å²) in [5.41, 5.74) is 8.77. The summed E-state index contributed by atoms with van der Waals surface area (Å²) in [5.74, 6) is -2.37. The molecule has 0 unspecified atom stereocenters. The zero-order valence-electron chi connectivity index (χ0n) is 14.1. The molecule has 0 saturated carbocycles. The highest BCUT2D eigenvalue weighted by Gasteiger charge is 2.23. The second kappa shape index (κ2) is 8.42. The molecule has 2 N–H and O–H groups in total. The van der Waals surface area contributed by atoms with E-state index in [2.05, 4.69) is 4.99 Å². The van der Waals surface area contributed by atoms with Crippen LogP contribution >= 0.6 is 0 Å². The highest BCUT2D eigenvalue weighted by atomic mass is 19.3. The molecule has 2 nitrogen and oxygen atoms in total. The Morgan fingerprint density at radius 2 is 1.70 bits per heavy atom. The van der Waals surface area contributed by atoms with Crippen LogP contribution in [0.4, 0.5) is 8.78 Å². The predicted octanol–water partition coefficient (Wildman–Crippen LogP) is 5.04. The van der Waals surface area contributed by atoms with Gasteiger partial charge in [0.15, 0.2) is 0 Å². The molecule has 124 valence electrons. The molecule has 0 radical (unpaired) electrons. The van der Waals surface area contributed by atoms with Crippen LogP contribution in [-0.2, 0) is 12.5 Å². The fraction of sp³-hybridized carbons (Fsp3) is 0.316. The third kappa shape index (κ3) is 5.81. The summed E-state index contributed by atoms with van der Waals surface area (Å²) in [6.07, 6.45) is 0. The van der Waals surface area contributed by atoms with E-state index in [9.17, 15) is 8.78 Å². The molecule has 0 aliphatic carbocycles. The van der Waals surface area contributed by atoms with Gasteiger partial charge in [0.1, 0.15) is 5.84 Å². The van der Waals surface area contributed by atoms with Crippen LogP contribution in [-0.4, -0.2) is 5.84 Å². The van der Waals surface area contributed by atoms with E-state index >= 15 is 0 Å². The number of hydrogen-bond acceptors (Lipinski definition) is 1. The minimum atomic E-state index is -2.82. The second-order valence-corrected chi connectivity index (χ2v) is 5.16. The maximum atomic E-state index is 13.1. The van der Waals surface area contributed by atoms with E-state index in [1.807, 2.05) is 45.0 Å². The lowest BCUT2D eigenvalue weighted by molar-refractivity contribution is 0.0174. The zero-order chi connectivity index (χ0) is 17.5. The molecule has 0 bridgehead atoms. The van der Waals surface area contributed by atoms with Gasteiger partial charge in [0.2, 0.25) is 0 Å². The minimum Gasteiger partial charge on any atom is -0.383 e. The van der Waals surface area contributed by atoms with Crippen LogP contribution in [0.3, 0.4) is 0 Å². The SMILES string of the molecule is CC.Cc1cccc(C(N)=NCc2ccc(C(C)(F)F)cc2)c1. The van der Waals surface area contributed by atoms with Crippen LogP contribution in [0.15, 0.2) is 53.5 Å². The summed E-state index contributed by atoms with van der Waals surface area (Å²) in [6, 6.07) is 13.9. The topological polar surface area (TPSA) is 38.4 Å². The summed E-state index contributed by atoms with van der Waals surface area (Å²) in [7, 11) is 0. The average molecular weight is 318 g/mol. The van der Waals surface area contributed by atoms with E-state index in [-0.39, 0.29) is 5.56 Å². The Labute approximate surface area is 137 Å². The number of nitrogens with zero attached hydrogens (tertiary/aromatic N) is 1. The van der Waals surface area contributed by atoms with E-state index in [0.29, 0.717) is 12.4 Å². The van der Waals surface area contributed by atoms with Gasteiger partial charge in [-0.2, -0.15) is 0 Å². The summed E-state index contributed by atoms with van der Waals surface area (Å²) in [4.78, 5) is 4.30. The highest BCUT2D eigenvalue weighted by molar-refractivity contribution is 5.97. The molecule has 0 aliphatic rings. The minimum absolute atomic E-state index is 0.00175. The number of amidine groups is 1. The number of benzene rings is 2. The van der Waals surface area contributed by atoms with Crippen molar-refractivity contribution in [1.82, 2.24) is 0 Å². The van der Waals surface area contributed by atoms with Gasteiger partial charge in [0.05, 0.1) is 6.54 Å². The Morgan fingerprint density at radius 1 is 1.09 bits per heavy atom. The number of aliphatic imine (C=N–C) groups is 1. The van der Waals surface area contributed by atoms with Crippen molar-refractivity contribution in [1.29, 1.82) is 0 Å². The number of halogens is 2. The van der Waals surface area contributed by atoms with Crippen molar-refractivity contribution in [3.63, 3.8) is 0 Å². The molecule has 0 aliphatic heterocycles. The second-order valence-electron chi connectivity index (χ2n) is 5.16.